The highest BCUT2D eigenvalue weighted by Gasteiger charge is 2.14. The molecule has 0 amide bonds. The molecule has 1 aliphatic rings. The average molecular weight is 268 g/mol. The van der Waals surface area contributed by atoms with Crippen LogP contribution in [-0.4, -0.2) is 24.6 Å². The van der Waals surface area contributed by atoms with Crippen LogP contribution in [0.25, 0.3) is 0 Å². The molecule has 0 aliphatic heterocycles. The first-order valence-corrected chi connectivity index (χ1v) is 7.45. The molecule has 4 nitrogen and oxygen atoms in total. The van der Waals surface area contributed by atoms with Crippen LogP contribution in [0.15, 0.2) is 5.38 Å². The first-order valence-electron chi connectivity index (χ1n) is 6.57. The summed E-state index contributed by atoms with van der Waals surface area (Å²) in [5.41, 5.74) is 0.391. The number of hydrogen-bond acceptors (Lipinski definition) is 5. The highest BCUT2D eigenvalue weighted by molar-refractivity contribution is 7.13. The lowest BCUT2D eigenvalue weighted by Crippen LogP contribution is -2.12. The van der Waals surface area contributed by atoms with Crippen molar-refractivity contribution in [1.29, 1.82) is 0 Å². The molecular weight excluding hydrogens is 248 g/mol. The number of carbonyl (C=O) groups is 1. The molecule has 0 bridgehead atoms. The Morgan fingerprint density at radius 1 is 1.50 bits per heavy atom. The molecule has 0 aromatic carbocycles. The van der Waals surface area contributed by atoms with Gasteiger partial charge in [-0.3, -0.25) is 0 Å². The lowest BCUT2D eigenvalue weighted by Gasteiger charge is -2.21. The minimum absolute atomic E-state index is 0.369. The van der Waals surface area contributed by atoms with Gasteiger partial charge in [-0.1, -0.05) is 32.1 Å². The molecule has 1 aromatic heterocycles. The highest BCUT2D eigenvalue weighted by atomic mass is 32.1. The third-order valence-corrected chi connectivity index (χ3v) is 4.25. The van der Waals surface area contributed by atoms with Crippen LogP contribution in [0.5, 0.6) is 0 Å². The van der Waals surface area contributed by atoms with Gasteiger partial charge in [0.15, 0.2) is 10.8 Å². The lowest BCUT2D eigenvalue weighted by molar-refractivity contribution is 0.0595. The molecule has 18 heavy (non-hydrogen) atoms. The Kier molecular flexibility index (Phi) is 4.99. The molecule has 0 atom stereocenters. The van der Waals surface area contributed by atoms with Gasteiger partial charge >= 0.3 is 5.97 Å². The Balaban J connectivity index is 1.72. The van der Waals surface area contributed by atoms with Crippen LogP contribution in [0.2, 0.25) is 0 Å². The van der Waals surface area contributed by atoms with Crippen molar-refractivity contribution in [2.45, 2.75) is 38.5 Å². The van der Waals surface area contributed by atoms with E-state index in [1.54, 1.807) is 5.38 Å². The second-order valence-electron chi connectivity index (χ2n) is 4.75. The van der Waals surface area contributed by atoms with Gasteiger partial charge in [0.25, 0.3) is 0 Å². The van der Waals surface area contributed by atoms with Gasteiger partial charge in [-0.05, 0) is 12.3 Å². The summed E-state index contributed by atoms with van der Waals surface area (Å²) in [5.74, 6) is 0.498. The van der Waals surface area contributed by atoms with Gasteiger partial charge in [0.05, 0.1) is 7.11 Å². The lowest BCUT2D eigenvalue weighted by atomic mass is 9.87. The van der Waals surface area contributed by atoms with Crippen molar-refractivity contribution in [3.8, 4) is 0 Å². The van der Waals surface area contributed by atoms with E-state index >= 15 is 0 Å². The van der Waals surface area contributed by atoms with Crippen LogP contribution in [0.4, 0.5) is 5.13 Å². The van der Waals surface area contributed by atoms with Gasteiger partial charge in [-0.15, -0.1) is 11.3 Å². The molecule has 1 aromatic rings. The molecule has 0 radical (unpaired) electrons. The molecule has 0 spiro atoms. The van der Waals surface area contributed by atoms with Crippen LogP contribution in [0.3, 0.4) is 0 Å². The molecular formula is C13H20N2O2S. The van der Waals surface area contributed by atoms with Crippen LogP contribution in [0, 0.1) is 5.92 Å². The summed E-state index contributed by atoms with van der Waals surface area (Å²) in [5, 5.41) is 5.83. The van der Waals surface area contributed by atoms with E-state index in [1.807, 2.05) is 0 Å². The predicted octanol–water partition coefficient (Wildman–Crippen LogP) is 3.31. The number of aromatic nitrogens is 1. The van der Waals surface area contributed by atoms with Gasteiger partial charge in [-0.25, -0.2) is 9.78 Å². The smallest absolute Gasteiger partial charge is 0.357 e. The highest BCUT2D eigenvalue weighted by Crippen LogP contribution is 2.26. The van der Waals surface area contributed by atoms with Gasteiger partial charge in [-0.2, -0.15) is 0 Å². The van der Waals surface area contributed by atoms with E-state index in [2.05, 4.69) is 15.0 Å². The number of carbonyl (C=O) groups excluding carboxylic acids is 1. The van der Waals surface area contributed by atoms with Gasteiger partial charge < -0.3 is 10.1 Å². The minimum atomic E-state index is -0.369. The summed E-state index contributed by atoms with van der Waals surface area (Å²) in [6.45, 7) is 0.943. The maximum atomic E-state index is 11.2. The second kappa shape index (κ2) is 6.73. The average Bonchev–Trinajstić information content (AvgIpc) is 2.88. The summed E-state index contributed by atoms with van der Waals surface area (Å²) < 4.78 is 4.63. The molecule has 1 saturated carbocycles. The maximum Gasteiger partial charge on any atom is 0.357 e. The number of ether oxygens (including phenoxy) is 1. The SMILES string of the molecule is COC(=O)c1csc(NCCC2CCCCC2)n1. The predicted molar refractivity (Wildman–Crippen MR) is 73.1 cm³/mol. The summed E-state index contributed by atoms with van der Waals surface area (Å²) in [6, 6.07) is 0. The standard InChI is InChI=1S/C13H20N2O2S/c1-17-12(16)11-9-18-13(15-11)14-8-7-10-5-3-2-4-6-10/h9-10H,2-8H2,1H3,(H,14,15). The minimum Gasteiger partial charge on any atom is -0.464 e. The van der Waals surface area contributed by atoms with E-state index in [-0.39, 0.29) is 5.97 Å². The van der Waals surface area contributed by atoms with Crippen LogP contribution in [-0.2, 0) is 4.74 Å². The zero-order valence-corrected chi connectivity index (χ0v) is 11.6. The Hall–Kier alpha value is -1.10. The van der Waals surface area contributed by atoms with E-state index in [1.165, 1.54) is 57.0 Å². The van der Waals surface area contributed by atoms with E-state index < -0.39 is 0 Å². The Morgan fingerprint density at radius 2 is 2.28 bits per heavy atom. The Morgan fingerprint density at radius 3 is 3.00 bits per heavy atom. The van der Waals surface area contributed by atoms with Crippen molar-refractivity contribution in [2.75, 3.05) is 19.0 Å². The fourth-order valence-electron chi connectivity index (χ4n) is 2.41. The number of rotatable bonds is 5. The molecule has 1 aliphatic carbocycles. The number of hydrogen-bond donors (Lipinski definition) is 1. The third-order valence-electron chi connectivity index (χ3n) is 3.45. The number of nitrogens with one attached hydrogen (secondary N) is 1. The zero-order chi connectivity index (χ0) is 12.8. The van der Waals surface area contributed by atoms with Crippen molar-refractivity contribution < 1.29 is 9.53 Å². The normalized spacial score (nSPS) is 16.5. The van der Waals surface area contributed by atoms with E-state index in [4.69, 9.17) is 0 Å². The van der Waals surface area contributed by atoms with Gasteiger partial charge in [0.2, 0.25) is 0 Å². The van der Waals surface area contributed by atoms with E-state index in [0.29, 0.717) is 5.69 Å². The second-order valence-corrected chi connectivity index (χ2v) is 5.61. The fourth-order valence-corrected chi connectivity index (χ4v) is 3.12. The summed E-state index contributed by atoms with van der Waals surface area (Å²) in [7, 11) is 1.37. The molecule has 1 fully saturated rings. The third kappa shape index (κ3) is 3.70. The number of nitrogens with zero attached hydrogens (tertiary/aromatic N) is 1. The molecule has 1 N–H and O–H groups in total. The van der Waals surface area contributed by atoms with Crippen LogP contribution in [0.1, 0.15) is 49.0 Å². The number of esters is 1. The largest absolute Gasteiger partial charge is 0.464 e. The van der Waals surface area contributed by atoms with Crippen molar-refractivity contribution in [3.63, 3.8) is 0 Å². The van der Waals surface area contributed by atoms with Crippen LogP contribution < -0.4 is 5.32 Å². The van der Waals surface area contributed by atoms with Crippen molar-refractivity contribution in [1.82, 2.24) is 4.98 Å². The van der Waals surface area contributed by atoms with Crippen molar-refractivity contribution in [3.05, 3.63) is 11.1 Å². The molecule has 2 rings (SSSR count). The van der Waals surface area contributed by atoms with Gasteiger partial charge in [0, 0.05) is 11.9 Å². The topological polar surface area (TPSA) is 51.2 Å². The van der Waals surface area contributed by atoms with E-state index in [0.717, 1.165) is 17.6 Å². The Bertz CT molecular complexity index is 386. The van der Waals surface area contributed by atoms with Gasteiger partial charge in [0.1, 0.15) is 0 Å². The monoisotopic (exact) mass is 268 g/mol. The number of methoxy groups -OCH3 is 1. The summed E-state index contributed by atoms with van der Waals surface area (Å²) >= 11 is 1.46. The molecule has 1 heterocycles. The Labute approximate surface area is 112 Å². The first-order chi connectivity index (χ1) is 8.79. The quantitative estimate of drug-likeness (QED) is 0.832. The van der Waals surface area contributed by atoms with Crippen molar-refractivity contribution >= 4 is 22.4 Å². The van der Waals surface area contributed by atoms with Crippen LogP contribution >= 0.6 is 11.3 Å². The zero-order valence-electron chi connectivity index (χ0n) is 10.8. The van der Waals surface area contributed by atoms with E-state index in [9.17, 15) is 4.79 Å². The number of anilines is 1. The fraction of sp³-hybridized carbons (Fsp3) is 0.692. The molecule has 0 saturated heterocycles. The summed E-state index contributed by atoms with van der Waals surface area (Å²) in [6.07, 6.45) is 8.11. The first kappa shape index (κ1) is 13.3. The number of thiazole rings is 1. The molecule has 5 heteroatoms. The van der Waals surface area contributed by atoms with Crippen molar-refractivity contribution in [2.24, 2.45) is 5.92 Å². The molecule has 0 unspecified atom stereocenters. The maximum absolute atomic E-state index is 11.2. The molecule has 100 valence electrons. The summed E-state index contributed by atoms with van der Waals surface area (Å²) in [4.78, 5) is 15.4.